The number of likely N-dealkylation sites (tertiary alicyclic amines) is 3. The molecule has 6 amide bonds. The van der Waals surface area contributed by atoms with Crippen LogP contribution in [0.3, 0.4) is 0 Å². The molecule has 18 heteroatoms. The summed E-state index contributed by atoms with van der Waals surface area (Å²) in [5, 5.41) is 16.0. The van der Waals surface area contributed by atoms with Crippen molar-refractivity contribution in [1.82, 2.24) is 46.6 Å². The Morgan fingerprint density at radius 2 is 0.711 bits per heavy atom. The molecule has 3 rings (SSSR count). The Labute approximate surface area is 270 Å². The van der Waals surface area contributed by atoms with Gasteiger partial charge in [-0.25, -0.2) is 0 Å². The fourth-order valence-electron chi connectivity index (χ4n) is 5.44. The van der Waals surface area contributed by atoms with Gasteiger partial charge in [-0.1, -0.05) is 17.5 Å². The fraction of sp³-hybridized carbons (Fsp3) is 0.778. The lowest BCUT2D eigenvalue weighted by atomic mass is 9.85. The number of carbonyl (C=O) groups is 6. The molecule has 0 aromatic carbocycles. The highest BCUT2D eigenvalue weighted by atomic mass is 16.2. The van der Waals surface area contributed by atoms with Crippen LogP contribution >= 0.6 is 0 Å². The van der Waals surface area contributed by atoms with Crippen LogP contribution in [0.25, 0.3) is 0 Å². The van der Waals surface area contributed by atoms with Crippen molar-refractivity contribution in [3.05, 3.63) is 0 Å². The molecule has 15 nitrogen and oxygen atoms in total. The molecule has 0 spiro atoms. The van der Waals surface area contributed by atoms with E-state index in [0.29, 0.717) is 38.9 Å². The lowest BCUT2D eigenvalue weighted by Gasteiger charge is -2.23. The number of amides is 6. The van der Waals surface area contributed by atoms with Crippen LogP contribution in [0.2, 0.25) is 17.5 Å². The van der Waals surface area contributed by atoms with Crippen molar-refractivity contribution in [3.8, 4) is 0 Å². The number of hydrogen-bond acceptors (Lipinski definition) is 9. The highest BCUT2D eigenvalue weighted by Crippen LogP contribution is 2.27. The number of likely N-dealkylation sites (N-methyl/N-ethyl adjacent to an activating group) is 6. The van der Waals surface area contributed by atoms with Gasteiger partial charge in [0.2, 0.25) is 35.4 Å². The molecule has 0 saturated carbocycles. The summed E-state index contributed by atoms with van der Waals surface area (Å²) in [7, 11) is 27.0. The summed E-state index contributed by atoms with van der Waals surface area (Å²) in [6, 6.07) is -1.23. The van der Waals surface area contributed by atoms with E-state index in [4.69, 9.17) is 23.5 Å². The van der Waals surface area contributed by atoms with Gasteiger partial charge < -0.3 is 46.6 Å². The standard InChI is InChI=1S/3C9H16BN3O2/c3*1-11-4-8(14)13-5-6(10)3-7(13)9(15)12-2/h3*6-7,11H,3-5H2,1-2H3,(H,12,15)/t3*6-,7-/m111/s1. The molecule has 3 aliphatic rings. The molecule has 45 heavy (non-hydrogen) atoms. The molecule has 3 fully saturated rings. The molecule has 6 atom stereocenters. The highest BCUT2D eigenvalue weighted by molar-refractivity contribution is 6.13. The fourth-order valence-corrected chi connectivity index (χ4v) is 5.44. The maximum Gasteiger partial charge on any atom is 0.242 e. The van der Waals surface area contributed by atoms with Crippen LogP contribution in [0.1, 0.15) is 19.3 Å². The molecule has 0 unspecified atom stereocenters. The highest BCUT2D eigenvalue weighted by Gasteiger charge is 2.38. The normalized spacial score (nSPS) is 25.3. The number of nitrogens with one attached hydrogen (secondary N) is 6. The average molecular weight is 627 g/mol. The minimum atomic E-state index is -0.411. The average Bonchev–Trinajstić information content (AvgIpc) is 3.73. The third-order valence-electron chi connectivity index (χ3n) is 7.59. The predicted octanol–water partition coefficient (Wildman–Crippen LogP) is -4.47. The van der Waals surface area contributed by atoms with Crippen molar-refractivity contribution in [2.75, 3.05) is 81.6 Å². The Hall–Kier alpha value is -3.11. The van der Waals surface area contributed by atoms with Gasteiger partial charge in [-0.2, -0.15) is 0 Å². The molecular weight excluding hydrogens is 579 g/mol. The van der Waals surface area contributed by atoms with Gasteiger partial charge in [-0.15, -0.1) is 0 Å². The van der Waals surface area contributed by atoms with Crippen LogP contribution < -0.4 is 31.9 Å². The molecule has 3 aliphatic heterocycles. The molecule has 0 aliphatic carbocycles. The van der Waals surface area contributed by atoms with E-state index in [1.807, 2.05) is 0 Å². The van der Waals surface area contributed by atoms with Crippen molar-refractivity contribution < 1.29 is 28.8 Å². The maximum atomic E-state index is 11.6. The zero-order valence-corrected chi connectivity index (χ0v) is 27.4. The molecular formula is C27H48B3N9O6. The maximum absolute atomic E-state index is 11.6. The summed E-state index contributed by atoms with van der Waals surface area (Å²) in [6.07, 6.45) is 1.61. The Kier molecular flexibility index (Phi) is 17.8. The quantitative estimate of drug-likeness (QED) is 0.137. The first-order chi connectivity index (χ1) is 21.3. The van der Waals surface area contributed by atoms with Gasteiger partial charge in [0.1, 0.15) is 18.1 Å². The van der Waals surface area contributed by atoms with Crippen LogP contribution in [0.15, 0.2) is 0 Å². The second-order valence-electron chi connectivity index (χ2n) is 11.1. The Balaban J connectivity index is 0.000000337. The molecule has 6 radical (unpaired) electrons. The first kappa shape index (κ1) is 39.9. The summed E-state index contributed by atoms with van der Waals surface area (Å²) in [5.74, 6) is -1.00. The summed E-state index contributed by atoms with van der Waals surface area (Å²) < 4.78 is 0. The molecule has 0 aromatic rings. The smallest absolute Gasteiger partial charge is 0.242 e. The van der Waals surface area contributed by atoms with Crippen molar-refractivity contribution in [1.29, 1.82) is 0 Å². The van der Waals surface area contributed by atoms with Gasteiger partial charge in [-0.05, 0) is 40.4 Å². The van der Waals surface area contributed by atoms with Gasteiger partial charge >= 0.3 is 0 Å². The molecule has 0 bridgehead atoms. The predicted molar refractivity (Wildman–Crippen MR) is 173 cm³/mol. The van der Waals surface area contributed by atoms with Crippen LogP contribution in [0, 0.1) is 0 Å². The molecule has 3 heterocycles. The zero-order valence-electron chi connectivity index (χ0n) is 27.4. The van der Waals surface area contributed by atoms with Crippen molar-refractivity contribution in [2.45, 2.75) is 54.8 Å². The van der Waals surface area contributed by atoms with Gasteiger partial charge in [0.15, 0.2) is 0 Å². The lowest BCUT2D eigenvalue weighted by molar-refractivity contribution is -0.137. The van der Waals surface area contributed by atoms with Gasteiger partial charge in [0.05, 0.1) is 43.2 Å². The molecule has 3 saturated heterocycles. The van der Waals surface area contributed by atoms with Crippen molar-refractivity contribution >= 4 is 59.0 Å². The second-order valence-corrected chi connectivity index (χ2v) is 11.1. The first-order valence-electron chi connectivity index (χ1n) is 15.0. The van der Waals surface area contributed by atoms with Crippen molar-refractivity contribution in [2.24, 2.45) is 0 Å². The van der Waals surface area contributed by atoms with Crippen LogP contribution in [0.5, 0.6) is 0 Å². The molecule has 246 valence electrons. The Bertz CT molecular complexity index is 903. The SMILES string of the molecule is [B][C@@H]1C[C@H](C(=O)NC)N(C(=O)CNC)C1.[B][C@@H]1C[C@H](C(=O)NC)N(C(=O)CNC)C1.[B][C@@H]1C[C@H](C(=O)NC)N(C(=O)CNC)C1. The number of hydrogen-bond donors (Lipinski definition) is 6. The van der Waals surface area contributed by atoms with E-state index in [0.717, 1.165) is 0 Å². The first-order valence-corrected chi connectivity index (χ1v) is 15.0. The van der Waals surface area contributed by atoms with E-state index in [2.05, 4.69) is 31.9 Å². The zero-order chi connectivity index (χ0) is 34.3. The Morgan fingerprint density at radius 1 is 0.489 bits per heavy atom. The number of nitrogens with zero attached hydrogens (tertiary/aromatic N) is 3. The lowest BCUT2D eigenvalue weighted by Crippen LogP contribution is -2.47. The monoisotopic (exact) mass is 627 g/mol. The minimum Gasteiger partial charge on any atom is -0.357 e. The summed E-state index contributed by atoms with van der Waals surface area (Å²) >= 11 is 0. The summed E-state index contributed by atoms with van der Waals surface area (Å²) in [6.45, 7) is 2.08. The summed E-state index contributed by atoms with van der Waals surface area (Å²) in [5.41, 5.74) is 0. The largest absolute Gasteiger partial charge is 0.357 e. The molecule has 6 N–H and O–H groups in total. The third kappa shape index (κ3) is 12.0. The van der Waals surface area contributed by atoms with Gasteiger partial charge in [0.25, 0.3) is 0 Å². The van der Waals surface area contributed by atoms with Crippen LogP contribution in [-0.4, -0.2) is 173 Å². The van der Waals surface area contributed by atoms with E-state index in [9.17, 15) is 28.8 Å². The van der Waals surface area contributed by atoms with Gasteiger partial charge in [0, 0.05) is 40.8 Å². The Morgan fingerprint density at radius 3 is 0.889 bits per heavy atom. The molecule has 0 aromatic heterocycles. The number of rotatable bonds is 9. The van der Waals surface area contributed by atoms with E-state index in [1.165, 1.54) is 0 Å². The van der Waals surface area contributed by atoms with E-state index in [1.54, 1.807) is 57.0 Å². The minimum absolute atomic E-state index is 0.0842. The summed E-state index contributed by atoms with van der Waals surface area (Å²) in [4.78, 5) is 74.1. The number of carbonyl (C=O) groups excluding carboxylic acids is 6. The second kappa shape index (κ2) is 20.1. The van der Waals surface area contributed by atoms with E-state index >= 15 is 0 Å². The van der Waals surface area contributed by atoms with Crippen molar-refractivity contribution in [3.63, 3.8) is 0 Å². The van der Waals surface area contributed by atoms with Crippen LogP contribution in [-0.2, 0) is 28.8 Å². The van der Waals surface area contributed by atoms with E-state index in [-0.39, 0.29) is 72.5 Å². The van der Waals surface area contributed by atoms with Gasteiger partial charge in [-0.3, -0.25) is 28.8 Å². The van der Waals surface area contributed by atoms with Crippen LogP contribution in [0.4, 0.5) is 0 Å². The topological polar surface area (TPSA) is 184 Å². The third-order valence-corrected chi connectivity index (χ3v) is 7.59. The van der Waals surface area contributed by atoms with E-state index < -0.39 is 18.1 Å².